The molecule has 0 saturated heterocycles. The highest BCUT2D eigenvalue weighted by Crippen LogP contribution is 2.09. The molecule has 0 aliphatic rings. The van der Waals surface area contributed by atoms with Gasteiger partial charge in [0.05, 0.1) is 6.61 Å². The lowest BCUT2D eigenvalue weighted by atomic mass is 10.4. The van der Waals surface area contributed by atoms with E-state index in [2.05, 4.69) is 27.2 Å². The highest BCUT2D eigenvalue weighted by molar-refractivity contribution is 5.32. The van der Waals surface area contributed by atoms with Gasteiger partial charge in [-0.05, 0) is 19.3 Å². The number of rotatable bonds is 11. The van der Waals surface area contributed by atoms with Crippen LogP contribution in [0.3, 0.4) is 0 Å². The molecule has 0 atom stereocenters. The van der Waals surface area contributed by atoms with E-state index in [1.165, 1.54) is 0 Å². The molecule has 0 saturated carbocycles. The zero-order chi connectivity index (χ0) is 14.6. The zero-order valence-electron chi connectivity index (χ0n) is 12.4. The lowest BCUT2D eigenvalue weighted by molar-refractivity contribution is 0.131. The molecule has 0 bridgehead atoms. The quantitative estimate of drug-likeness (QED) is 0.598. The number of hydrogen-bond donors (Lipinski definition) is 2. The second-order valence-electron chi connectivity index (χ2n) is 4.39. The molecule has 20 heavy (non-hydrogen) atoms. The number of unbranched alkanes of at least 4 members (excludes halogenated alkanes) is 1. The van der Waals surface area contributed by atoms with Crippen LogP contribution in [0.15, 0.2) is 0 Å². The van der Waals surface area contributed by atoms with Gasteiger partial charge in [-0.25, -0.2) is 0 Å². The number of anilines is 2. The SMILES string of the molecule is CCCCOCCCNc1nc(N)nc(OCCC)n1. The Labute approximate surface area is 120 Å². The van der Waals surface area contributed by atoms with Crippen molar-refractivity contribution in [3.05, 3.63) is 0 Å². The molecule has 0 radical (unpaired) electrons. The second-order valence-corrected chi connectivity index (χ2v) is 4.39. The normalized spacial score (nSPS) is 10.5. The van der Waals surface area contributed by atoms with Crippen molar-refractivity contribution in [2.45, 2.75) is 39.5 Å². The summed E-state index contributed by atoms with van der Waals surface area (Å²) in [6.07, 6.45) is 4.04. The van der Waals surface area contributed by atoms with Gasteiger partial charge >= 0.3 is 6.01 Å². The number of nitrogens with one attached hydrogen (secondary N) is 1. The largest absolute Gasteiger partial charge is 0.463 e. The lowest BCUT2D eigenvalue weighted by Gasteiger charge is -2.08. The van der Waals surface area contributed by atoms with Gasteiger partial charge in [0.2, 0.25) is 11.9 Å². The number of nitrogens with zero attached hydrogens (tertiary/aromatic N) is 3. The van der Waals surface area contributed by atoms with Crippen LogP contribution in [0.1, 0.15) is 39.5 Å². The van der Waals surface area contributed by atoms with E-state index in [0.29, 0.717) is 12.6 Å². The number of nitrogens with two attached hydrogens (primary N) is 1. The van der Waals surface area contributed by atoms with E-state index in [4.69, 9.17) is 15.2 Å². The monoisotopic (exact) mass is 283 g/mol. The maximum Gasteiger partial charge on any atom is 0.323 e. The van der Waals surface area contributed by atoms with Crippen LogP contribution in [-0.2, 0) is 4.74 Å². The second kappa shape index (κ2) is 10.2. The van der Waals surface area contributed by atoms with Crippen molar-refractivity contribution >= 4 is 11.9 Å². The average Bonchev–Trinajstić information content (AvgIpc) is 2.43. The Kier molecular flexibility index (Phi) is 8.37. The summed E-state index contributed by atoms with van der Waals surface area (Å²) in [6, 6.07) is 0.265. The fourth-order valence-corrected chi connectivity index (χ4v) is 1.43. The van der Waals surface area contributed by atoms with E-state index >= 15 is 0 Å². The molecule has 7 nitrogen and oxygen atoms in total. The van der Waals surface area contributed by atoms with E-state index in [1.807, 2.05) is 6.92 Å². The molecule has 0 amide bonds. The summed E-state index contributed by atoms with van der Waals surface area (Å²) in [5.41, 5.74) is 5.61. The zero-order valence-corrected chi connectivity index (χ0v) is 12.4. The summed E-state index contributed by atoms with van der Waals surface area (Å²) < 4.78 is 10.8. The van der Waals surface area contributed by atoms with Gasteiger partial charge < -0.3 is 20.5 Å². The molecular weight excluding hydrogens is 258 g/mol. The summed E-state index contributed by atoms with van der Waals surface area (Å²) >= 11 is 0. The summed E-state index contributed by atoms with van der Waals surface area (Å²) in [6.45, 7) is 7.00. The third-order valence-corrected chi connectivity index (χ3v) is 2.46. The van der Waals surface area contributed by atoms with E-state index in [-0.39, 0.29) is 12.0 Å². The minimum absolute atomic E-state index is 0.160. The summed E-state index contributed by atoms with van der Waals surface area (Å²) in [4.78, 5) is 12.1. The van der Waals surface area contributed by atoms with Crippen LogP contribution in [0.25, 0.3) is 0 Å². The summed E-state index contributed by atoms with van der Waals surface area (Å²) in [7, 11) is 0. The average molecular weight is 283 g/mol. The van der Waals surface area contributed by atoms with E-state index in [0.717, 1.165) is 45.4 Å². The first-order valence-electron chi connectivity index (χ1n) is 7.22. The van der Waals surface area contributed by atoms with Crippen LogP contribution < -0.4 is 15.8 Å². The molecule has 0 unspecified atom stereocenters. The van der Waals surface area contributed by atoms with Gasteiger partial charge in [-0.15, -0.1) is 0 Å². The minimum atomic E-state index is 0.160. The first-order chi connectivity index (χ1) is 9.76. The van der Waals surface area contributed by atoms with Crippen molar-refractivity contribution in [1.29, 1.82) is 0 Å². The Balaban J connectivity index is 2.26. The van der Waals surface area contributed by atoms with Crippen molar-refractivity contribution in [1.82, 2.24) is 15.0 Å². The molecule has 1 aromatic heterocycles. The van der Waals surface area contributed by atoms with Crippen molar-refractivity contribution in [2.75, 3.05) is 37.4 Å². The van der Waals surface area contributed by atoms with Gasteiger partial charge in [-0.3, -0.25) is 0 Å². The van der Waals surface area contributed by atoms with Gasteiger partial charge in [-0.1, -0.05) is 20.3 Å². The Bertz CT molecular complexity index is 376. The molecule has 114 valence electrons. The van der Waals surface area contributed by atoms with Crippen LogP contribution in [0.4, 0.5) is 11.9 Å². The van der Waals surface area contributed by atoms with Crippen molar-refractivity contribution in [3.8, 4) is 6.01 Å². The third-order valence-electron chi connectivity index (χ3n) is 2.46. The molecule has 1 rings (SSSR count). The molecule has 0 aromatic carbocycles. The van der Waals surface area contributed by atoms with Gasteiger partial charge in [0.25, 0.3) is 0 Å². The highest BCUT2D eigenvalue weighted by Gasteiger charge is 2.04. The first-order valence-corrected chi connectivity index (χ1v) is 7.22. The van der Waals surface area contributed by atoms with Crippen molar-refractivity contribution in [3.63, 3.8) is 0 Å². The molecule has 1 heterocycles. The van der Waals surface area contributed by atoms with Gasteiger partial charge in [-0.2, -0.15) is 15.0 Å². The minimum Gasteiger partial charge on any atom is -0.463 e. The lowest BCUT2D eigenvalue weighted by Crippen LogP contribution is -2.12. The maximum absolute atomic E-state index is 5.61. The maximum atomic E-state index is 5.61. The molecule has 1 aromatic rings. The smallest absolute Gasteiger partial charge is 0.323 e. The Morgan fingerprint density at radius 1 is 1.00 bits per heavy atom. The Morgan fingerprint density at radius 3 is 2.55 bits per heavy atom. The topological polar surface area (TPSA) is 95.2 Å². The molecule has 0 spiro atoms. The number of hydrogen-bond acceptors (Lipinski definition) is 7. The van der Waals surface area contributed by atoms with Crippen molar-refractivity contribution in [2.24, 2.45) is 0 Å². The summed E-state index contributed by atoms with van der Waals surface area (Å²) in [5, 5.41) is 3.09. The van der Waals surface area contributed by atoms with Gasteiger partial charge in [0, 0.05) is 19.8 Å². The fraction of sp³-hybridized carbons (Fsp3) is 0.769. The fourth-order valence-electron chi connectivity index (χ4n) is 1.43. The predicted molar refractivity (Wildman–Crippen MR) is 78.9 cm³/mol. The molecule has 3 N–H and O–H groups in total. The standard InChI is InChI=1S/C13H25N5O2/c1-3-5-9-19-10-6-7-15-12-16-11(14)17-13(18-12)20-8-4-2/h3-10H2,1-2H3,(H3,14,15,16,17,18). The van der Waals surface area contributed by atoms with E-state index < -0.39 is 0 Å². The number of ether oxygens (including phenoxy) is 2. The Morgan fingerprint density at radius 2 is 1.80 bits per heavy atom. The van der Waals surface area contributed by atoms with Crippen LogP contribution in [0, 0.1) is 0 Å². The van der Waals surface area contributed by atoms with Crippen LogP contribution in [0.2, 0.25) is 0 Å². The van der Waals surface area contributed by atoms with Crippen LogP contribution in [-0.4, -0.2) is 41.3 Å². The first kappa shape index (κ1) is 16.4. The summed E-state index contributed by atoms with van der Waals surface area (Å²) in [5.74, 6) is 0.602. The Hall–Kier alpha value is -1.63. The van der Waals surface area contributed by atoms with Crippen LogP contribution in [0.5, 0.6) is 6.01 Å². The molecule has 7 heteroatoms. The van der Waals surface area contributed by atoms with Crippen molar-refractivity contribution < 1.29 is 9.47 Å². The van der Waals surface area contributed by atoms with Crippen LogP contribution >= 0.6 is 0 Å². The van der Waals surface area contributed by atoms with E-state index in [1.54, 1.807) is 0 Å². The van der Waals surface area contributed by atoms with Gasteiger partial charge in [0.15, 0.2) is 0 Å². The highest BCUT2D eigenvalue weighted by atomic mass is 16.5. The molecule has 0 aliphatic carbocycles. The van der Waals surface area contributed by atoms with Gasteiger partial charge in [0.1, 0.15) is 0 Å². The van der Waals surface area contributed by atoms with E-state index in [9.17, 15) is 0 Å². The number of nitrogen functional groups attached to an aromatic ring is 1. The molecular formula is C13H25N5O2. The third kappa shape index (κ3) is 7.08. The molecule has 0 fully saturated rings. The molecule has 0 aliphatic heterocycles. The predicted octanol–water partition coefficient (Wildman–Crippen LogP) is 1.86. The number of aromatic nitrogens is 3.